The van der Waals surface area contributed by atoms with Crippen LogP contribution in [0.4, 0.5) is 0 Å². The highest BCUT2D eigenvalue weighted by atomic mass is 35.5. The average molecular weight is 441 g/mol. The molecule has 2 aromatic rings. The van der Waals surface area contributed by atoms with Crippen molar-refractivity contribution in [3.63, 3.8) is 0 Å². The Hall–Kier alpha value is -2.76. The number of carbonyl (C=O) groups is 1. The molecule has 0 aliphatic carbocycles. The first-order valence-electron chi connectivity index (χ1n) is 9.38. The fourth-order valence-corrected chi connectivity index (χ4v) is 3.37. The van der Waals surface area contributed by atoms with Gasteiger partial charge in [0.1, 0.15) is 12.4 Å². The van der Waals surface area contributed by atoms with Gasteiger partial charge in [0.15, 0.2) is 5.78 Å². The normalized spacial score (nSPS) is 11.4. The van der Waals surface area contributed by atoms with E-state index >= 15 is 0 Å². The van der Waals surface area contributed by atoms with Crippen molar-refractivity contribution in [1.29, 1.82) is 0 Å². The first-order chi connectivity index (χ1) is 14.4. The fraction of sp³-hybridized carbons (Fsp3) is 0.167. The van der Waals surface area contributed by atoms with Crippen molar-refractivity contribution in [3.8, 4) is 5.75 Å². The van der Waals surface area contributed by atoms with Crippen molar-refractivity contribution in [2.75, 3.05) is 13.2 Å². The van der Waals surface area contributed by atoms with Crippen LogP contribution in [0.3, 0.4) is 0 Å². The quantitative estimate of drug-likeness (QED) is 0.259. The van der Waals surface area contributed by atoms with Gasteiger partial charge in [0, 0.05) is 34.4 Å². The number of benzene rings is 1. The first kappa shape index (κ1) is 23.5. The maximum atomic E-state index is 11.4. The zero-order chi connectivity index (χ0) is 21.9. The summed E-state index contributed by atoms with van der Waals surface area (Å²) in [6.07, 6.45) is 9.28. The van der Waals surface area contributed by atoms with E-state index in [-0.39, 0.29) is 5.78 Å². The number of hydrogen-bond acceptors (Lipinski definition) is 5. The molecule has 0 unspecified atom stereocenters. The number of aromatic nitrogens is 1. The standard InChI is InChI=1S/C24H25ClN2O2S/c1-5-24(30-19(4)18(3)28)21-10-11-23(22(25)15-21)29-14-13-27-17(2)8-9-20-7-6-12-26-16-20/h5-12,15-16,27H,2,4,13-14H2,1,3H3/b9-8+,24-5-. The molecule has 0 aliphatic heterocycles. The highest BCUT2D eigenvalue weighted by Crippen LogP contribution is 2.36. The van der Waals surface area contributed by atoms with Gasteiger partial charge in [0.2, 0.25) is 0 Å². The molecule has 0 saturated heterocycles. The van der Waals surface area contributed by atoms with Crippen LogP contribution in [0.1, 0.15) is 25.0 Å². The number of allylic oxidation sites excluding steroid dienone is 3. The van der Waals surface area contributed by atoms with Crippen LogP contribution >= 0.6 is 23.4 Å². The Labute approximate surface area is 187 Å². The summed E-state index contributed by atoms with van der Waals surface area (Å²) in [5, 5.41) is 3.70. The molecule has 1 aromatic heterocycles. The maximum absolute atomic E-state index is 11.4. The van der Waals surface area contributed by atoms with Gasteiger partial charge in [0.25, 0.3) is 0 Å². The van der Waals surface area contributed by atoms with Gasteiger partial charge in [-0.3, -0.25) is 9.78 Å². The third-order valence-electron chi connectivity index (χ3n) is 3.98. The summed E-state index contributed by atoms with van der Waals surface area (Å²) >= 11 is 7.72. The lowest BCUT2D eigenvalue weighted by Gasteiger charge is -2.12. The van der Waals surface area contributed by atoms with Crippen molar-refractivity contribution < 1.29 is 9.53 Å². The van der Waals surface area contributed by atoms with Gasteiger partial charge in [-0.1, -0.05) is 60.8 Å². The van der Waals surface area contributed by atoms with Crippen LogP contribution in [0.2, 0.25) is 5.02 Å². The second-order valence-electron chi connectivity index (χ2n) is 6.30. The number of Topliss-reactive ketones (excluding diaryl/α,β-unsaturated/α-hetero) is 1. The highest BCUT2D eigenvalue weighted by Gasteiger charge is 2.10. The second kappa shape index (κ2) is 12.1. The largest absolute Gasteiger partial charge is 0.490 e. The van der Waals surface area contributed by atoms with Crippen LogP contribution in [0.5, 0.6) is 5.75 Å². The first-order valence-corrected chi connectivity index (χ1v) is 10.6. The minimum absolute atomic E-state index is 0.0465. The van der Waals surface area contributed by atoms with E-state index in [0.29, 0.717) is 28.8 Å². The average Bonchev–Trinajstić information content (AvgIpc) is 2.74. The number of thioether (sulfide) groups is 1. The molecule has 4 nitrogen and oxygen atoms in total. The van der Waals surface area contributed by atoms with E-state index in [0.717, 1.165) is 21.7 Å². The number of nitrogens with zero attached hydrogens (tertiary/aromatic N) is 1. The van der Waals surface area contributed by atoms with Gasteiger partial charge >= 0.3 is 0 Å². The summed E-state index contributed by atoms with van der Waals surface area (Å²) in [4.78, 5) is 16.9. The lowest BCUT2D eigenvalue weighted by molar-refractivity contribution is -0.112. The fourth-order valence-electron chi connectivity index (χ4n) is 2.36. The van der Waals surface area contributed by atoms with E-state index in [1.807, 2.05) is 55.5 Å². The van der Waals surface area contributed by atoms with Gasteiger partial charge in [0.05, 0.1) is 5.02 Å². The summed E-state index contributed by atoms with van der Waals surface area (Å²) in [7, 11) is 0. The highest BCUT2D eigenvalue weighted by molar-refractivity contribution is 8.12. The number of halogens is 1. The molecule has 0 aliphatic rings. The zero-order valence-corrected chi connectivity index (χ0v) is 18.7. The van der Waals surface area contributed by atoms with Gasteiger partial charge in [-0.25, -0.2) is 0 Å². The minimum atomic E-state index is -0.0465. The van der Waals surface area contributed by atoms with Crippen LogP contribution in [0.15, 0.2) is 78.6 Å². The van der Waals surface area contributed by atoms with Gasteiger partial charge < -0.3 is 10.1 Å². The predicted molar refractivity (Wildman–Crippen MR) is 128 cm³/mol. The van der Waals surface area contributed by atoms with Crippen molar-refractivity contribution in [2.45, 2.75) is 13.8 Å². The maximum Gasteiger partial charge on any atom is 0.165 e. The monoisotopic (exact) mass is 440 g/mol. The van der Waals surface area contributed by atoms with E-state index in [2.05, 4.69) is 23.5 Å². The van der Waals surface area contributed by atoms with Crippen LogP contribution in [-0.4, -0.2) is 23.9 Å². The van der Waals surface area contributed by atoms with Gasteiger partial charge in [-0.2, -0.15) is 0 Å². The van der Waals surface area contributed by atoms with E-state index < -0.39 is 0 Å². The van der Waals surface area contributed by atoms with Crippen molar-refractivity contribution in [2.24, 2.45) is 0 Å². The molecule has 0 fully saturated rings. The SMILES string of the molecule is C=C(/C=C/c1cccnc1)NCCOc1ccc(/C(=C/C)SC(=C)C(C)=O)cc1Cl. The Morgan fingerprint density at radius 1 is 1.33 bits per heavy atom. The molecule has 0 atom stereocenters. The lowest BCUT2D eigenvalue weighted by Crippen LogP contribution is -2.19. The smallest absolute Gasteiger partial charge is 0.165 e. The number of hydrogen-bond donors (Lipinski definition) is 1. The molecular formula is C24H25ClN2O2S. The molecule has 1 aromatic carbocycles. The molecular weight excluding hydrogens is 416 g/mol. The van der Waals surface area contributed by atoms with Crippen LogP contribution in [0, 0.1) is 0 Å². The van der Waals surface area contributed by atoms with Gasteiger partial charge in [-0.05, 0) is 49.2 Å². The molecule has 0 bridgehead atoms. The Kier molecular flexibility index (Phi) is 9.45. The van der Waals surface area contributed by atoms with Gasteiger partial charge in [-0.15, -0.1) is 0 Å². The molecule has 2 rings (SSSR count). The van der Waals surface area contributed by atoms with E-state index in [1.54, 1.807) is 12.4 Å². The second-order valence-corrected chi connectivity index (χ2v) is 7.84. The third kappa shape index (κ3) is 7.58. The molecule has 0 radical (unpaired) electrons. The van der Waals surface area contributed by atoms with Crippen molar-refractivity contribution >= 4 is 40.1 Å². The Morgan fingerprint density at radius 2 is 2.13 bits per heavy atom. The number of carbonyl (C=O) groups excluding carboxylic acids is 1. The zero-order valence-electron chi connectivity index (χ0n) is 17.2. The summed E-state index contributed by atoms with van der Waals surface area (Å²) in [6.45, 7) is 12.2. The summed E-state index contributed by atoms with van der Waals surface area (Å²) in [5.74, 6) is 0.555. The predicted octanol–water partition coefficient (Wildman–Crippen LogP) is 6.13. The molecule has 1 N–H and O–H groups in total. The number of pyridine rings is 1. The number of nitrogens with one attached hydrogen (secondary N) is 1. The lowest BCUT2D eigenvalue weighted by atomic mass is 10.2. The number of ether oxygens (including phenoxy) is 1. The molecule has 30 heavy (non-hydrogen) atoms. The third-order valence-corrected chi connectivity index (χ3v) is 5.50. The molecule has 0 saturated carbocycles. The number of ketones is 1. The van der Waals surface area contributed by atoms with Crippen molar-refractivity contribution in [3.05, 3.63) is 94.8 Å². The van der Waals surface area contributed by atoms with Crippen LogP contribution < -0.4 is 10.1 Å². The van der Waals surface area contributed by atoms with E-state index in [4.69, 9.17) is 16.3 Å². The molecule has 1 heterocycles. The topological polar surface area (TPSA) is 51.2 Å². The van der Waals surface area contributed by atoms with Crippen LogP contribution in [-0.2, 0) is 4.79 Å². The minimum Gasteiger partial charge on any atom is -0.490 e. The summed E-state index contributed by atoms with van der Waals surface area (Å²) in [6, 6.07) is 9.43. The van der Waals surface area contributed by atoms with Crippen LogP contribution in [0.25, 0.3) is 11.0 Å². The van der Waals surface area contributed by atoms with Crippen molar-refractivity contribution in [1.82, 2.24) is 10.3 Å². The molecule has 0 amide bonds. The summed E-state index contributed by atoms with van der Waals surface area (Å²) < 4.78 is 5.77. The number of rotatable bonds is 11. The Balaban J connectivity index is 1.84. The summed E-state index contributed by atoms with van der Waals surface area (Å²) in [5.41, 5.74) is 2.70. The van der Waals surface area contributed by atoms with E-state index in [9.17, 15) is 4.79 Å². The van der Waals surface area contributed by atoms with E-state index in [1.165, 1.54) is 18.7 Å². The Morgan fingerprint density at radius 3 is 2.77 bits per heavy atom. The molecule has 156 valence electrons. The Bertz CT molecular complexity index is 968. The molecule has 6 heteroatoms. The molecule has 0 spiro atoms.